The maximum absolute atomic E-state index is 13.0. The lowest BCUT2D eigenvalue weighted by Crippen LogP contribution is -2.36. The summed E-state index contributed by atoms with van der Waals surface area (Å²) in [6.07, 6.45) is 1.51. The molecule has 2 aromatic carbocycles. The quantitative estimate of drug-likeness (QED) is 0.806. The molecule has 0 aromatic heterocycles. The fraction of sp³-hybridized carbons (Fsp3) is 0.150. The van der Waals surface area contributed by atoms with Crippen LogP contribution in [0.3, 0.4) is 0 Å². The standard InChI is InChI=1S/C20H17FN2O3S/c1-12-3-8-16(9-13(12)2)22-18(24)11-23-19(25)17(27-20(23)26)10-14-4-6-15(21)7-5-14/h3-10H,11H2,1-2H3,(H,22,24). The summed E-state index contributed by atoms with van der Waals surface area (Å²) >= 11 is 0.758. The van der Waals surface area contributed by atoms with Crippen molar-refractivity contribution in [3.05, 3.63) is 69.9 Å². The van der Waals surface area contributed by atoms with Gasteiger partial charge in [-0.2, -0.15) is 0 Å². The van der Waals surface area contributed by atoms with Gasteiger partial charge in [-0.25, -0.2) is 4.39 Å². The zero-order chi connectivity index (χ0) is 19.6. The van der Waals surface area contributed by atoms with E-state index in [1.807, 2.05) is 26.0 Å². The molecule has 1 aliphatic rings. The molecule has 1 fully saturated rings. The van der Waals surface area contributed by atoms with E-state index in [9.17, 15) is 18.8 Å². The number of nitrogens with one attached hydrogen (secondary N) is 1. The number of anilines is 1. The Balaban J connectivity index is 1.68. The molecule has 3 amide bonds. The molecule has 0 aliphatic carbocycles. The number of carbonyl (C=O) groups is 3. The average Bonchev–Trinajstić information content (AvgIpc) is 2.87. The first-order valence-electron chi connectivity index (χ1n) is 8.21. The fourth-order valence-corrected chi connectivity index (χ4v) is 3.35. The van der Waals surface area contributed by atoms with Crippen molar-refractivity contribution >= 4 is 40.6 Å². The van der Waals surface area contributed by atoms with Crippen molar-refractivity contribution in [3.63, 3.8) is 0 Å². The molecule has 0 atom stereocenters. The second kappa shape index (κ2) is 7.75. The molecule has 3 rings (SSSR count). The van der Waals surface area contributed by atoms with Crippen molar-refractivity contribution < 1.29 is 18.8 Å². The normalized spacial score (nSPS) is 15.5. The van der Waals surface area contributed by atoms with Crippen molar-refractivity contribution in [2.24, 2.45) is 0 Å². The van der Waals surface area contributed by atoms with Gasteiger partial charge in [0.2, 0.25) is 5.91 Å². The lowest BCUT2D eigenvalue weighted by molar-refractivity contribution is -0.127. The van der Waals surface area contributed by atoms with Crippen LogP contribution in [-0.4, -0.2) is 28.5 Å². The summed E-state index contributed by atoms with van der Waals surface area (Å²) in [6, 6.07) is 11.0. The van der Waals surface area contributed by atoms with Crippen LogP contribution in [0, 0.1) is 19.7 Å². The SMILES string of the molecule is Cc1ccc(NC(=O)CN2C(=O)SC(=Cc3ccc(F)cc3)C2=O)cc1C. The van der Waals surface area contributed by atoms with Gasteiger partial charge in [0.25, 0.3) is 11.1 Å². The maximum Gasteiger partial charge on any atom is 0.294 e. The van der Waals surface area contributed by atoms with Gasteiger partial charge in [0.15, 0.2) is 0 Å². The van der Waals surface area contributed by atoms with Crippen LogP contribution in [0.5, 0.6) is 0 Å². The van der Waals surface area contributed by atoms with E-state index < -0.39 is 17.1 Å². The molecule has 0 unspecified atom stereocenters. The lowest BCUT2D eigenvalue weighted by Gasteiger charge is -2.13. The van der Waals surface area contributed by atoms with E-state index in [2.05, 4.69) is 5.32 Å². The van der Waals surface area contributed by atoms with Gasteiger partial charge in [-0.1, -0.05) is 18.2 Å². The predicted molar refractivity (Wildman–Crippen MR) is 104 cm³/mol. The third kappa shape index (κ3) is 4.43. The first-order valence-corrected chi connectivity index (χ1v) is 9.03. The highest BCUT2D eigenvalue weighted by Gasteiger charge is 2.36. The molecule has 0 radical (unpaired) electrons. The summed E-state index contributed by atoms with van der Waals surface area (Å²) in [4.78, 5) is 37.9. The average molecular weight is 384 g/mol. The number of carbonyl (C=O) groups excluding carboxylic acids is 3. The molecule has 0 saturated carbocycles. The van der Waals surface area contributed by atoms with Crippen molar-refractivity contribution in [3.8, 4) is 0 Å². The Morgan fingerprint density at radius 3 is 2.48 bits per heavy atom. The van der Waals surface area contributed by atoms with Crippen molar-refractivity contribution in [2.75, 3.05) is 11.9 Å². The maximum atomic E-state index is 13.0. The van der Waals surface area contributed by atoms with Crippen LogP contribution < -0.4 is 5.32 Å². The van der Waals surface area contributed by atoms with E-state index >= 15 is 0 Å². The molecule has 1 aliphatic heterocycles. The second-order valence-electron chi connectivity index (χ2n) is 6.17. The number of amides is 3. The van der Waals surface area contributed by atoms with Crippen molar-refractivity contribution in [2.45, 2.75) is 13.8 Å². The number of thioether (sulfide) groups is 1. The first kappa shape index (κ1) is 18.8. The molecule has 1 saturated heterocycles. The summed E-state index contributed by atoms with van der Waals surface area (Å²) < 4.78 is 13.0. The molecule has 1 N–H and O–H groups in total. The van der Waals surface area contributed by atoms with Gasteiger partial charge >= 0.3 is 0 Å². The van der Waals surface area contributed by atoms with Crippen molar-refractivity contribution in [1.29, 1.82) is 0 Å². The number of hydrogen-bond acceptors (Lipinski definition) is 4. The molecule has 2 aromatic rings. The number of nitrogens with zero attached hydrogens (tertiary/aromatic N) is 1. The smallest absolute Gasteiger partial charge is 0.294 e. The first-order chi connectivity index (χ1) is 12.8. The third-order valence-electron chi connectivity index (χ3n) is 4.13. The summed E-state index contributed by atoms with van der Waals surface area (Å²) in [5.74, 6) is -1.38. The molecule has 138 valence electrons. The molecular formula is C20H17FN2O3S. The molecule has 0 bridgehead atoms. The van der Waals surface area contributed by atoms with Gasteiger partial charge in [-0.3, -0.25) is 19.3 Å². The number of imide groups is 1. The van der Waals surface area contributed by atoms with E-state index in [0.717, 1.165) is 27.8 Å². The Bertz CT molecular complexity index is 954. The van der Waals surface area contributed by atoms with Crippen LogP contribution >= 0.6 is 11.8 Å². The van der Waals surface area contributed by atoms with Crippen LogP contribution in [0.15, 0.2) is 47.4 Å². The van der Waals surface area contributed by atoms with E-state index in [-0.39, 0.29) is 17.3 Å². The van der Waals surface area contributed by atoms with Gasteiger partial charge in [-0.05, 0) is 72.6 Å². The van der Waals surface area contributed by atoms with E-state index in [4.69, 9.17) is 0 Å². The Labute approximate surface area is 160 Å². The number of rotatable bonds is 4. The minimum atomic E-state index is -0.537. The van der Waals surface area contributed by atoms with Gasteiger partial charge in [0.05, 0.1) is 4.91 Å². The van der Waals surface area contributed by atoms with Crippen LogP contribution in [0.4, 0.5) is 14.9 Å². The van der Waals surface area contributed by atoms with Crippen LogP contribution in [0.2, 0.25) is 0 Å². The van der Waals surface area contributed by atoms with E-state index in [1.54, 1.807) is 6.07 Å². The molecule has 27 heavy (non-hydrogen) atoms. The number of benzene rings is 2. The predicted octanol–water partition coefficient (Wildman–Crippen LogP) is 4.12. The van der Waals surface area contributed by atoms with E-state index in [1.165, 1.54) is 30.3 Å². The van der Waals surface area contributed by atoms with Gasteiger partial charge in [-0.15, -0.1) is 0 Å². The highest BCUT2D eigenvalue weighted by Crippen LogP contribution is 2.32. The van der Waals surface area contributed by atoms with Crippen LogP contribution in [0.1, 0.15) is 16.7 Å². The largest absolute Gasteiger partial charge is 0.325 e. The highest BCUT2D eigenvalue weighted by molar-refractivity contribution is 8.18. The minimum Gasteiger partial charge on any atom is -0.325 e. The topological polar surface area (TPSA) is 66.5 Å². The molecule has 0 spiro atoms. The Morgan fingerprint density at radius 1 is 1.11 bits per heavy atom. The third-order valence-corrected chi connectivity index (χ3v) is 5.04. The number of hydrogen-bond donors (Lipinski definition) is 1. The molecule has 5 nitrogen and oxygen atoms in total. The molecule has 7 heteroatoms. The summed E-state index contributed by atoms with van der Waals surface area (Å²) in [6.45, 7) is 3.54. The zero-order valence-electron chi connectivity index (χ0n) is 14.8. The Hall–Kier alpha value is -2.93. The Morgan fingerprint density at radius 2 is 1.81 bits per heavy atom. The van der Waals surface area contributed by atoms with Gasteiger partial charge in [0.1, 0.15) is 12.4 Å². The van der Waals surface area contributed by atoms with E-state index in [0.29, 0.717) is 11.3 Å². The summed E-state index contributed by atoms with van der Waals surface area (Å²) in [5.41, 5.74) is 3.34. The molecule has 1 heterocycles. The van der Waals surface area contributed by atoms with Gasteiger partial charge < -0.3 is 5.32 Å². The monoisotopic (exact) mass is 384 g/mol. The summed E-state index contributed by atoms with van der Waals surface area (Å²) in [7, 11) is 0. The second-order valence-corrected chi connectivity index (χ2v) is 7.16. The molecular weight excluding hydrogens is 367 g/mol. The minimum absolute atomic E-state index is 0.200. The van der Waals surface area contributed by atoms with Crippen LogP contribution in [-0.2, 0) is 9.59 Å². The fourth-order valence-electron chi connectivity index (χ4n) is 2.51. The number of aryl methyl sites for hydroxylation is 2. The van der Waals surface area contributed by atoms with Gasteiger partial charge in [0, 0.05) is 5.69 Å². The summed E-state index contributed by atoms with van der Waals surface area (Å²) in [5, 5.41) is 2.18. The van der Waals surface area contributed by atoms with Crippen molar-refractivity contribution in [1.82, 2.24) is 4.90 Å². The lowest BCUT2D eigenvalue weighted by atomic mass is 10.1. The van der Waals surface area contributed by atoms with Crippen LogP contribution in [0.25, 0.3) is 6.08 Å². The number of halogens is 1. The highest BCUT2D eigenvalue weighted by atomic mass is 32.2. The zero-order valence-corrected chi connectivity index (χ0v) is 15.6. The Kier molecular flexibility index (Phi) is 5.41.